The van der Waals surface area contributed by atoms with E-state index in [-0.39, 0.29) is 30.7 Å². The molecule has 1 fully saturated rings. The summed E-state index contributed by atoms with van der Waals surface area (Å²) in [5.41, 5.74) is -0.388. The first-order chi connectivity index (χ1) is 10.3. The van der Waals surface area contributed by atoms with Gasteiger partial charge in [-0.05, 0) is 44.4 Å². The maximum atomic E-state index is 13.3. The zero-order chi connectivity index (χ0) is 16.3. The zero-order valence-corrected chi connectivity index (χ0v) is 12.7. The number of amides is 2. The number of hydrogen-bond donors (Lipinski definition) is 2. The molecule has 1 aromatic rings. The van der Waals surface area contributed by atoms with Crippen LogP contribution in [-0.4, -0.2) is 17.9 Å². The van der Waals surface area contributed by atoms with Gasteiger partial charge in [0.2, 0.25) is 11.8 Å². The summed E-state index contributed by atoms with van der Waals surface area (Å²) in [4.78, 5) is 23.5. The summed E-state index contributed by atoms with van der Waals surface area (Å²) >= 11 is 0. The van der Waals surface area contributed by atoms with Gasteiger partial charge in [-0.2, -0.15) is 0 Å². The van der Waals surface area contributed by atoms with Crippen molar-refractivity contribution >= 4 is 11.8 Å². The summed E-state index contributed by atoms with van der Waals surface area (Å²) < 4.78 is 26.2. The summed E-state index contributed by atoms with van der Waals surface area (Å²) in [6.07, 6.45) is 2.18. The number of hydrogen-bond acceptors (Lipinski definition) is 2. The molecule has 0 aromatic heterocycles. The lowest BCUT2D eigenvalue weighted by Crippen LogP contribution is -2.41. The quantitative estimate of drug-likeness (QED) is 0.847. The molecule has 120 valence electrons. The van der Waals surface area contributed by atoms with Crippen LogP contribution in [0.25, 0.3) is 0 Å². The van der Waals surface area contributed by atoms with Gasteiger partial charge in [-0.25, -0.2) is 8.78 Å². The molecule has 0 saturated heterocycles. The molecule has 1 aromatic carbocycles. The normalized spacial score (nSPS) is 14.5. The molecular formula is C16H20F2N2O2. The molecule has 2 rings (SSSR count). The van der Waals surface area contributed by atoms with Crippen LogP contribution in [0.1, 0.15) is 45.1 Å². The van der Waals surface area contributed by atoms with E-state index in [4.69, 9.17) is 0 Å². The molecule has 6 heteroatoms. The van der Waals surface area contributed by atoms with Gasteiger partial charge in [-0.15, -0.1) is 0 Å². The van der Waals surface area contributed by atoms with Gasteiger partial charge in [0.05, 0.1) is 5.54 Å². The van der Waals surface area contributed by atoms with E-state index in [0.29, 0.717) is 5.56 Å². The first kappa shape index (κ1) is 16.4. The van der Waals surface area contributed by atoms with Gasteiger partial charge < -0.3 is 10.6 Å². The molecule has 0 spiro atoms. The third-order valence-electron chi connectivity index (χ3n) is 3.61. The van der Waals surface area contributed by atoms with E-state index in [1.54, 1.807) is 13.8 Å². The van der Waals surface area contributed by atoms with Gasteiger partial charge in [0.25, 0.3) is 0 Å². The number of halogens is 2. The van der Waals surface area contributed by atoms with Crippen LogP contribution in [0.2, 0.25) is 0 Å². The Morgan fingerprint density at radius 2 is 1.77 bits per heavy atom. The highest BCUT2D eigenvalue weighted by Gasteiger charge is 2.26. The predicted molar refractivity (Wildman–Crippen MR) is 77.9 cm³/mol. The lowest BCUT2D eigenvalue weighted by molar-refractivity contribution is -0.127. The summed E-state index contributed by atoms with van der Waals surface area (Å²) in [5, 5.41) is 5.54. The highest BCUT2D eigenvalue weighted by Crippen LogP contribution is 2.22. The van der Waals surface area contributed by atoms with Gasteiger partial charge in [0.15, 0.2) is 11.6 Å². The molecule has 4 nitrogen and oxygen atoms in total. The van der Waals surface area contributed by atoms with Crippen LogP contribution in [0.15, 0.2) is 18.2 Å². The van der Waals surface area contributed by atoms with Crippen molar-refractivity contribution in [3.8, 4) is 0 Å². The molecule has 0 unspecified atom stereocenters. The Kier molecular flexibility index (Phi) is 4.78. The van der Waals surface area contributed by atoms with Crippen molar-refractivity contribution in [3.05, 3.63) is 35.4 Å². The Morgan fingerprint density at radius 1 is 1.14 bits per heavy atom. The lowest BCUT2D eigenvalue weighted by Gasteiger charge is -2.27. The van der Waals surface area contributed by atoms with E-state index >= 15 is 0 Å². The topological polar surface area (TPSA) is 58.2 Å². The second-order valence-electron chi connectivity index (χ2n) is 6.14. The Bertz CT molecular complexity index is 584. The second-order valence-corrected chi connectivity index (χ2v) is 6.14. The standard InChI is InChI=1S/C16H20F2N2O2/c1-16(2,10-3-6-12(17)13(18)9-10)20-15(22)8-7-14(21)19-11-4-5-11/h3,6,9,11H,4-5,7-8H2,1-2H3,(H,19,21)(H,20,22). The molecule has 2 amide bonds. The summed E-state index contributed by atoms with van der Waals surface area (Å²) in [6.45, 7) is 3.39. The highest BCUT2D eigenvalue weighted by atomic mass is 19.2. The van der Waals surface area contributed by atoms with Gasteiger partial charge >= 0.3 is 0 Å². The maximum Gasteiger partial charge on any atom is 0.221 e. The third kappa shape index (κ3) is 4.51. The number of nitrogens with one attached hydrogen (secondary N) is 2. The van der Waals surface area contributed by atoms with Crippen molar-refractivity contribution in [3.63, 3.8) is 0 Å². The number of carbonyl (C=O) groups is 2. The molecular weight excluding hydrogens is 290 g/mol. The number of benzene rings is 1. The van der Waals surface area contributed by atoms with Crippen molar-refractivity contribution < 1.29 is 18.4 Å². The fourth-order valence-corrected chi connectivity index (χ4v) is 2.12. The summed E-state index contributed by atoms with van der Waals surface area (Å²) in [5.74, 6) is -2.32. The molecule has 0 atom stereocenters. The SMILES string of the molecule is CC(C)(NC(=O)CCC(=O)NC1CC1)c1ccc(F)c(F)c1. The number of rotatable bonds is 6. The minimum atomic E-state index is -0.955. The zero-order valence-electron chi connectivity index (χ0n) is 12.7. The predicted octanol–water partition coefficient (Wildman–Crippen LogP) is 2.37. The van der Waals surface area contributed by atoms with E-state index in [2.05, 4.69) is 10.6 Å². The fraction of sp³-hybridized carbons (Fsp3) is 0.500. The Morgan fingerprint density at radius 3 is 2.36 bits per heavy atom. The van der Waals surface area contributed by atoms with Crippen molar-refractivity contribution in [1.29, 1.82) is 0 Å². The fourth-order valence-electron chi connectivity index (χ4n) is 2.12. The maximum absolute atomic E-state index is 13.3. The average molecular weight is 310 g/mol. The van der Waals surface area contributed by atoms with Crippen molar-refractivity contribution in [2.45, 2.75) is 51.1 Å². The number of carbonyl (C=O) groups excluding carboxylic acids is 2. The van der Waals surface area contributed by atoms with Crippen LogP contribution in [0.4, 0.5) is 8.78 Å². The van der Waals surface area contributed by atoms with Crippen LogP contribution < -0.4 is 10.6 Å². The molecule has 2 N–H and O–H groups in total. The van der Waals surface area contributed by atoms with Crippen LogP contribution >= 0.6 is 0 Å². The molecule has 0 radical (unpaired) electrons. The molecule has 0 heterocycles. The minimum Gasteiger partial charge on any atom is -0.353 e. The van der Waals surface area contributed by atoms with E-state index in [9.17, 15) is 18.4 Å². The summed E-state index contributed by atoms with van der Waals surface area (Å²) in [7, 11) is 0. The lowest BCUT2D eigenvalue weighted by atomic mass is 9.94. The van der Waals surface area contributed by atoms with Crippen LogP contribution in [0, 0.1) is 11.6 Å². The Hall–Kier alpha value is -1.98. The molecule has 1 saturated carbocycles. The van der Waals surface area contributed by atoms with Crippen LogP contribution in [0.5, 0.6) is 0 Å². The van der Waals surface area contributed by atoms with E-state index in [0.717, 1.165) is 25.0 Å². The first-order valence-electron chi connectivity index (χ1n) is 7.34. The second kappa shape index (κ2) is 6.42. The monoisotopic (exact) mass is 310 g/mol. The van der Waals surface area contributed by atoms with Gasteiger partial charge in [-0.3, -0.25) is 9.59 Å². The van der Waals surface area contributed by atoms with E-state index in [1.807, 2.05) is 0 Å². The third-order valence-corrected chi connectivity index (χ3v) is 3.61. The smallest absolute Gasteiger partial charge is 0.221 e. The Balaban J connectivity index is 1.87. The van der Waals surface area contributed by atoms with Gasteiger partial charge in [0, 0.05) is 18.9 Å². The van der Waals surface area contributed by atoms with Gasteiger partial charge in [0.1, 0.15) is 0 Å². The molecule has 22 heavy (non-hydrogen) atoms. The largest absolute Gasteiger partial charge is 0.353 e. The van der Waals surface area contributed by atoms with E-state index < -0.39 is 17.2 Å². The first-order valence-corrected chi connectivity index (χ1v) is 7.34. The van der Waals surface area contributed by atoms with Crippen molar-refractivity contribution in [2.24, 2.45) is 0 Å². The van der Waals surface area contributed by atoms with Crippen LogP contribution in [0.3, 0.4) is 0 Å². The molecule has 1 aliphatic carbocycles. The van der Waals surface area contributed by atoms with E-state index in [1.165, 1.54) is 6.07 Å². The summed E-state index contributed by atoms with van der Waals surface area (Å²) in [6, 6.07) is 3.80. The molecule has 1 aliphatic rings. The Labute approximate surface area is 128 Å². The van der Waals surface area contributed by atoms with Crippen molar-refractivity contribution in [1.82, 2.24) is 10.6 Å². The minimum absolute atomic E-state index is 0.0612. The highest BCUT2D eigenvalue weighted by molar-refractivity contribution is 5.84. The van der Waals surface area contributed by atoms with Gasteiger partial charge in [-0.1, -0.05) is 6.07 Å². The van der Waals surface area contributed by atoms with Crippen molar-refractivity contribution in [2.75, 3.05) is 0 Å². The molecule has 0 bridgehead atoms. The van der Waals surface area contributed by atoms with Crippen LogP contribution in [-0.2, 0) is 15.1 Å². The average Bonchev–Trinajstić information content (AvgIpc) is 3.23. The molecule has 0 aliphatic heterocycles.